The van der Waals surface area contributed by atoms with Crippen molar-refractivity contribution in [2.24, 2.45) is 7.05 Å². The molecule has 2 aromatic heterocycles. The Morgan fingerprint density at radius 2 is 1.73 bits per heavy atom. The normalized spacial score (nSPS) is 10.4. The van der Waals surface area contributed by atoms with Crippen molar-refractivity contribution in [2.45, 2.75) is 0 Å². The molecule has 6 heteroatoms. The van der Waals surface area contributed by atoms with Crippen LogP contribution < -0.4 is 10.2 Å². The first-order valence-corrected chi connectivity index (χ1v) is 9.49. The molecule has 0 saturated heterocycles. The van der Waals surface area contributed by atoms with Crippen LogP contribution in [0.2, 0.25) is 0 Å². The second-order valence-electron chi connectivity index (χ2n) is 7.06. The van der Waals surface area contributed by atoms with Crippen LogP contribution in [0.25, 0.3) is 11.0 Å². The monoisotopic (exact) mass is 395 g/mol. The van der Waals surface area contributed by atoms with E-state index in [9.17, 15) is 4.79 Å². The Labute approximate surface area is 175 Å². The van der Waals surface area contributed by atoms with Crippen LogP contribution in [0.3, 0.4) is 0 Å². The lowest BCUT2D eigenvalue weighted by molar-refractivity contribution is 0.101. The van der Waals surface area contributed by atoms with Gasteiger partial charge in [0.05, 0.1) is 5.39 Å². The van der Waals surface area contributed by atoms with E-state index in [0.717, 1.165) is 22.3 Å². The largest absolute Gasteiger partial charge is 0.378 e. The molecule has 0 atom stereocenters. The number of rotatable bonds is 3. The number of nitrogens with zero attached hydrogens (tertiary/aromatic N) is 4. The van der Waals surface area contributed by atoms with Gasteiger partial charge in [0.15, 0.2) is 0 Å². The standard InChI is InChI=1S/C24H21N5O/c1-28(2)19-12-10-18(11-13-19)27-24(30)22-15-20-21(25-16-26-23(20)29(22)3)14-9-17-7-5-4-6-8-17/h4-8,10-13,15-16H,1-3H3,(H,27,30). The number of fused-ring (bicyclic) bond motifs is 1. The number of benzene rings is 2. The fourth-order valence-electron chi connectivity index (χ4n) is 3.14. The lowest BCUT2D eigenvalue weighted by Gasteiger charge is -2.13. The predicted octanol–water partition coefficient (Wildman–Crippen LogP) is 3.69. The molecule has 0 saturated carbocycles. The number of amides is 1. The van der Waals surface area contributed by atoms with Crippen LogP contribution in [0.5, 0.6) is 0 Å². The summed E-state index contributed by atoms with van der Waals surface area (Å²) in [4.78, 5) is 23.5. The second-order valence-corrected chi connectivity index (χ2v) is 7.06. The van der Waals surface area contributed by atoms with Crippen LogP contribution in [-0.2, 0) is 7.05 Å². The molecular weight excluding hydrogens is 374 g/mol. The van der Waals surface area contributed by atoms with E-state index >= 15 is 0 Å². The van der Waals surface area contributed by atoms with Crippen molar-refractivity contribution in [2.75, 3.05) is 24.3 Å². The van der Waals surface area contributed by atoms with Gasteiger partial charge in [0.1, 0.15) is 23.4 Å². The van der Waals surface area contributed by atoms with Crippen LogP contribution in [-0.4, -0.2) is 34.5 Å². The predicted molar refractivity (Wildman–Crippen MR) is 120 cm³/mol. The van der Waals surface area contributed by atoms with Crippen molar-refractivity contribution in [3.63, 3.8) is 0 Å². The summed E-state index contributed by atoms with van der Waals surface area (Å²) in [7, 11) is 5.76. The van der Waals surface area contributed by atoms with Crippen molar-refractivity contribution < 1.29 is 4.79 Å². The summed E-state index contributed by atoms with van der Waals surface area (Å²) >= 11 is 0. The lowest BCUT2D eigenvalue weighted by atomic mass is 10.2. The molecule has 1 N–H and O–H groups in total. The fraction of sp³-hybridized carbons (Fsp3) is 0.125. The fourth-order valence-corrected chi connectivity index (χ4v) is 3.14. The smallest absolute Gasteiger partial charge is 0.272 e. The second kappa shape index (κ2) is 8.10. The molecule has 0 unspecified atom stereocenters. The Balaban J connectivity index is 1.64. The molecule has 6 nitrogen and oxygen atoms in total. The van der Waals surface area contributed by atoms with Gasteiger partial charge in [-0.3, -0.25) is 4.79 Å². The molecule has 0 spiro atoms. The van der Waals surface area contributed by atoms with Crippen molar-refractivity contribution >= 4 is 28.3 Å². The molecule has 0 aliphatic rings. The molecule has 2 aromatic carbocycles. The zero-order valence-electron chi connectivity index (χ0n) is 17.0. The summed E-state index contributed by atoms with van der Waals surface area (Å²) in [6, 6.07) is 19.2. The zero-order chi connectivity index (χ0) is 21.1. The van der Waals surface area contributed by atoms with Gasteiger partial charge in [0, 0.05) is 38.1 Å². The number of carbonyl (C=O) groups excluding carboxylic acids is 1. The Kier molecular flexibility index (Phi) is 5.19. The molecule has 0 bridgehead atoms. The Morgan fingerprint density at radius 1 is 1.00 bits per heavy atom. The molecule has 2 heterocycles. The van der Waals surface area contributed by atoms with Gasteiger partial charge in [0.25, 0.3) is 5.91 Å². The highest BCUT2D eigenvalue weighted by molar-refractivity contribution is 6.06. The van der Waals surface area contributed by atoms with Crippen molar-refractivity contribution in [1.82, 2.24) is 14.5 Å². The third-order valence-electron chi connectivity index (χ3n) is 4.80. The Hall–Kier alpha value is -4.11. The highest BCUT2D eigenvalue weighted by Gasteiger charge is 2.16. The minimum Gasteiger partial charge on any atom is -0.378 e. The van der Waals surface area contributed by atoms with E-state index in [1.165, 1.54) is 6.33 Å². The number of hydrogen-bond donors (Lipinski definition) is 1. The number of anilines is 2. The van der Waals surface area contributed by atoms with Crippen LogP contribution >= 0.6 is 0 Å². The Morgan fingerprint density at radius 3 is 2.43 bits per heavy atom. The topological polar surface area (TPSA) is 63.1 Å². The third kappa shape index (κ3) is 3.87. The van der Waals surface area contributed by atoms with Crippen molar-refractivity contribution in [3.8, 4) is 11.8 Å². The van der Waals surface area contributed by atoms with Crippen LogP contribution in [0.1, 0.15) is 21.7 Å². The van der Waals surface area contributed by atoms with Crippen LogP contribution in [0, 0.1) is 11.8 Å². The average molecular weight is 395 g/mol. The highest BCUT2D eigenvalue weighted by atomic mass is 16.1. The molecule has 148 valence electrons. The van der Waals surface area contributed by atoms with Gasteiger partial charge in [-0.1, -0.05) is 24.1 Å². The van der Waals surface area contributed by atoms with E-state index in [0.29, 0.717) is 17.0 Å². The third-order valence-corrected chi connectivity index (χ3v) is 4.80. The van der Waals surface area contributed by atoms with Crippen LogP contribution in [0.4, 0.5) is 11.4 Å². The first-order valence-electron chi connectivity index (χ1n) is 9.49. The highest BCUT2D eigenvalue weighted by Crippen LogP contribution is 2.21. The number of aryl methyl sites for hydroxylation is 1. The first-order chi connectivity index (χ1) is 14.5. The number of aromatic nitrogens is 3. The summed E-state index contributed by atoms with van der Waals surface area (Å²) in [5, 5.41) is 3.69. The molecule has 30 heavy (non-hydrogen) atoms. The maximum Gasteiger partial charge on any atom is 0.272 e. The minimum atomic E-state index is -0.213. The van der Waals surface area contributed by atoms with Gasteiger partial charge in [-0.2, -0.15) is 0 Å². The van der Waals surface area contributed by atoms with E-state index in [1.54, 1.807) is 10.6 Å². The quantitative estimate of drug-likeness (QED) is 0.538. The van der Waals surface area contributed by atoms with Crippen molar-refractivity contribution in [1.29, 1.82) is 0 Å². The van der Waals surface area contributed by atoms with Gasteiger partial charge < -0.3 is 14.8 Å². The number of nitrogens with one attached hydrogen (secondary N) is 1. The van der Waals surface area contributed by atoms with E-state index in [4.69, 9.17) is 0 Å². The van der Waals surface area contributed by atoms with E-state index in [1.807, 2.05) is 80.6 Å². The molecule has 0 aliphatic heterocycles. The molecule has 0 radical (unpaired) electrons. The zero-order valence-corrected chi connectivity index (χ0v) is 17.0. The first kappa shape index (κ1) is 19.2. The van der Waals surface area contributed by atoms with Gasteiger partial charge in [-0.05, 0) is 48.4 Å². The molecular formula is C24H21N5O. The SMILES string of the molecule is CN(C)c1ccc(NC(=O)c2cc3c(C#Cc4ccccc4)ncnc3n2C)cc1. The minimum absolute atomic E-state index is 0.213. The molecule has 0 aliphatic carbocycles. The molecule has 4 aromatic rings. The van der Waals surface area contributed by atoms with Gasteiger partial charge in [-0.15, -0.1) is 0 Å². The van der Waals surface area contributed by atoms with Gasteiger partial charge in [-0.25, -0.2) is 9.97 Å². The average Bonchev–Trinajstić information content (AvgIpc) is 3.11. The maximum atomic E-state index is 12.9. The number of hydrogen-bond acceptors (Lipinski definition) is 4. The summed E-state index contributed by atoms with van der Waals surface area (Å²) in [6.07, 6.45) is 1.47. The molecule has 4 rings (SSSR count). The number of carbonyl (C=O) groups is 1. The summed E-state index contributed by atoms with van der Waals surface area (Å²) in [6.45, 7) is 0. The molecule has 1 amide bonds. The Bertz CT molecular complexity index is 1260. The summed E-state index contributed by atoms with van der Waals surface area (Å²) < 4.78 is 1.76. The summed E-state index contributed by atoms with van der Waals surface area (Å²) in [5.41, 5.74) is 4.44. The summed E-state index contributed by atoms with van der Waals surface area (Å²) in [5.74, 6) is 6.00. The maximum absolute atomic E-state index is 12.9. The van der Waals surface area contributed by atoms with E-state index < -0.39 is 0 Å². The van der Waals surface area contributed by atoms with Crippen LogP contribution in [0.15, 0.2) is 67.0 Å². The van der Waals surface area contributed by atoms with Gasteiger partial charge >= 0.3 is 0 Å². The van der Waals surface area contributed by atoms with Crippen molar-refractivity contribution in [3.05, 3.63) is 83.9 Å². The van der Waals surface area contributed by atoms with E-state index in [-0.39, 0.29) is 5.91 Å². The van der Waals surface area contributed by atoms with Gasteiger partial charge in [0.2, 0.25) is 0 Å². The molecule has 0 fully saturated rings. The van der Waals surface area contributed by atoms with E-state index in [2.05, 4.69) is 27.1 Å². The lowest BCUT2D eigenvalue weighted by Crippen LogP contribution is -2.16.